The number of benzene rings is 1. The van der Waals surface area contributed by atoms with Crippen LogP contribution in [-0.2, 0) is 6.54 Å². The first kappa shape index (κ1) is 20.5. The van der Waals surface area contributed by atoms with Gasteiger partial charge in [-0.25, -0.2) is 9.37 Å². The van der Waals surface area contributed by atoms with Crippen molar-refractivity contribution >= 4 is 11.2 Å². The maximum absolute atomic E-state index is 14.0. The second-order valence-corrected chi connectivity index (χ2v) is 8.04. The minimum absolute atomic E-state index is 0.312. The summed E-state index contributed by atoms with van der Waals surface area (Å²) < 4.78 is 21.5. The highest BCUT2D eigenvalue weighted by Gasteiger charge is 2.20. The van der Waals surface area contributed by atoms with Crippen LogP contribution in [0.1, 0.15) is 36.1 Å². The molecule has 4 heterocycles. The summed E-state index contributed by atoms with van der Waals surface area (Å²) in [5.41, 5.74) is 5.09. The molecule has 1 atom stereocenters. The Morgan fingerprint density at radius 3 is 2.72 bits per heavy atom. The predicted molar refractivity (Wildman–Crippen MR) is 120 cm³/mol. The minimum atomic E-state index is -0.409. The lowest BCUT2D eigenvalue weighted by molar-refractivity contribution is 0.313. The summed E-state index contributed by atoms with van der Waals surface area (Å²) in [5, 5.41) is 3.42. The highest BCUT2D eigenvalue weighted by Crippen LogP contribution is 2.28. The molecule has 4 aromatic rings. The number of nitrogens with one attached hydrogen (secondary N) is 1. The average Bonchev–Trinajstić information content (AvgIpc) is 3.44. The van der Waals surface area contributed by atoms with Crippen LogP contribution in [0.2, 0.25) is 0 Å². The third-order valence-electron chi connectivity index (χ3n) is 5.84. The zero-order valence-corrected chi connectivity index (χ0v) is 18.2. The van der Waals surface area contributed by atoms with Gasteiger partial charge < -0.3 is 14.6 Å². The number of aromatic nitrogens is 5. The predicted octanol–water partition coefficient (Wildman–Crippen LogP) is 3.86. The van der Waals surface area contributed by atoms with Gasteiger partial charge in [0.2, 0.25) is 0 Å². The highest BCUT2D eigenvalue weighted by molar-refractivity contribution is 5.79. The van der Waals surface area contributed by atoms with Crippen molar-refractivity contribution < 1.29 is 9.13 Å². The van der Waals surface area contributed by atoms with Crippen molar-refractivity contribution in [1.29, 1.82) is 0 Å². The summed E-state index contributed by atoms with van der Waals surface area (Å²) in [7, 11) is 0. The van der Waals surface area contributed by atoms with Gasteiger partial charge in [0.25, 0.3) is 0 Å². The first-order valence-corrected chi connectivity index (χ1v) is 10.9. The number of halogens is 1. The second-order valence-electron chi connectivity index (χ2n) is 8.04. The molecule has 1 aliphatic heterocycles. The SMILES string of the molecule is CCOc1nc(C)c2nc(-c3cncc(F)c3)n(Cc3ccc(C4CCNC4)cc3)c2n1. The Hall–Kier alpha value is -3.39. The van der Waals surface area contributed by atoms with E-state index in [1.165, 1.54) is 24.2 Å². The number of aryl methyl sites for hydroxylation is 1. The van der Waals surface area contributed by atoms with Gasteiger partial charge >= 0.3 is 6.01 Å². The van der Waals surface area contributed by atoms with Crippen LogP contribution in [-0.4, -0.2) is 44.2 Å². The Labute approximate surface area is 185 Å². The van der Waals surface area contributed by atoms with Gasteiger partial charge in [0.15, 0.2) is 5.65 Å². The van der Waals surface area contributed by atoms with Gasteiger partial charge in [-0.05, 0) is 49.9 Å². The van der Waals surface area contributed by atoms with Gasteiger partial charge in [-0.2, -0.15) is 9.97 Å². The molecule has 1 N–H and O–H groups in total. The molecule has 0 radical (unpaired) electrons. The fraction of sp³-hybridized carbons (Fsp3) is 0.333. The number of hydrogen-bond acceptors (Lipinski definition) is 6. The van der Waals surface area contributed by atoms with Crippen molar-refractivity contribution in [3.63, 3.8) is 0 Å². The molecule has 0 aliphatic carbocycles. The van der Waals surface area contributed by atoms with Crippen LogP contribution >= 0.6 is 0 Å². The number of rotatable bonds is 6. The third kappa shape index (κ3) is 3.93. The van der Waals surface area contributed by atoms with E-state index in [0.29, 0.717) is 53.3 Å². The molecule has 1 unspecified atom stereocenters. The zero-order chi connectivity index (χ0) is 22.1. The molecule has 8 heteroatoms. The Bertz CT molecular complexity index is 1250. The van der Waals surface area contributed by atoms with E-state index in [-0.39, 0.29) is 0 Å². The normalized spacial score (nSPS) is 16.0. The third-order valence-corrected chi connectivity index (χ3v) is 5.84. The first-order chi connectivity index (χ1) is 15.6. The van der Waals surface area contributed by atoms with Gasteiger partial charge in [-0.3, -0.25) is 4.98 Å². The molecule has 3 aromatic heterocycles. The number of pyridine rings is 1. The van der Waals surface area contributed by atoms with Crippen molar-refractivity contribution in [2.24, 2.45) is 0 Å². The average molecular weight is 433 g/mol. The molecular weight excluding hydrogens is 407 g/mol. The van der Waals surface area contributed by atoms with Crippen molar-refractivity contribution in [2.45, 2.75) is 32.7 Å². The van der Waals surface area contributed by atoms with Crippen molar-refractivity contribution in [2.75, 3.05) is 19.7 Å². The number of fused-ring (bicyclic) bond motifs is 1. The van der Waals surface area contributed by atoms with Gasteiger partial charge in [-0.1, -0.05) is 24.3 Å². The molecule has 0 amide bonds. The van der Waals surface area contributed by atoms with Crippen LogP contribution in [0.3, 0.4) is 0 Å². The largest absolute Gasteiger partial charge is 0.464 e. The number of imidazole rings is 1. The summed E-state index contributed by atoms with van der Waals surface area (Å²) in [6, 6.07) is 10.4. The van der Waals surface area contributed by atoms with E-state index in [0.717, 1.165) is 18.7 Å². The molecule has 5 rings (SSSR count). The summed E-state index contributed by atoms with van der Waals surface area (Å²) in [4.78, 5) is 17.8. The van der Waals surface area contributed by atoms with E-state index in [2.05, 4.69) is 44.5 Å². The maximum Gasteiger partial charge on any atom is 0.318 e. The lowest BCUT2D eigenvalue weighted by Gasteiger charge is -2.12. The molecule has 0 saturated carbocycles. The maximum atomic E-state index is 14.0. The quantitative estimate of drug-likeness (QED) is 0.499. The van der Waals surface area contributed by atoms with Crippen molar-refractivity contribution in [1.82, 2.24) is 29.8 Å². The van der Waals surface area contributed by atoms with E-state index in [4.69, 9.17) is 9.72 Å². The van der Waals surface area contributed by atoms with Gasteiger partial charge in [0, 0.05) is 18.3 Å². The van der Waals surface area contributed by atoms with Crippen LogP contribution in [0.5, 0.6) is 6.01 Å². The monoisotopic (exact) mass is 432 g/mol. The van der Waals surface area contributed by atoms with Crippen LogP contribution < -0.4 is 10.1 Å². The highest BCUT2D eigenvalue weighted by atomic mass is 19.1. The van der Waals surface area contributed by atoms with Crippen molar-refractivity contribution in [3.05, 3.63) is 65.4 Å². The van der Waals surface area contributed by atoms with Crippen LogP contribution in [0, 0.1) is 12.7 Å². The molecule has 1 aliphatic rings. The fourth-order valence-corrected chi connectivity index (χ4v) is 4.23. The van der Waals surface area contributed by atoms with E-state index in [1.54, 1.807) is 6.20 Å². The standard InChI is InChI=1S/C24H25FN6O/c1-3-32-24-28-15(2)21-23(30-24)31(22(29-21)19-10-20(25)13-27-12-19)14-16-4-6-17(7-5-16)18-8-9-26-11-18/h4-7,10,12-13,18,26H,3,8-9,11,14H2,1-2H3. The molecule has 164 valence electrons. The lowest BCUT2D eigenvalue weighted by atomic mass is 9.97. The molecule has 1 aromatic carbocycles. The number of nitrogens with zero attached hydrogens (tertiary/aromatic N) is 5. The van der Waals surface area contributed by atoms with E-state index < -0.39 is 5.82 Å². The number of ether oxygens (including phenoxy) is 1. The van der Waals surface area contributed by atoms with Crippen LogP contribution in [0.15, 0.2) is 42.7 Å². The molecule has 7 nitrogen and oxygen atoms in total. The summed E-state index contributed by atoms with van der Waals surface area (Å²) in [6.07, 6.45) is 3.97. The molecule has 1 fully saturated rings. The van der Waals surface area contributed by atoms with Crippen LogP contribution in [0.25, 0.3) is 22.6 Å². The number of hydrogen-bond donors (Lipinski definition) is 1. The zero-order valence-electron chi connectivity index (χ0n) is 18.2. The van der Waals surface area contributed by atoms with E-state index in [9.17, 15) is 4.39 Å². The first-order valence-electron chi connectivity index (χ1n) is 10.9. The molecule has 1 saturated heterocycles. The van der Waals surface area contributed by atoms with Gasteiger partial charge in [-0.15, -0.1) is 0 Å². The molecule has 0 spiro atoms. The summed E-state index contributed by atoms with van der Waals surface area (Å²) in [5.74, 6) is 0.756. The van der Waals surface area contributed by atoms with E-state index >= 15 is 0 Å². The topological polar surface area (TPSA) is 77.8 Å². The Morgan fingerprint density at radius 1 is 1.16 bits per heavy atom. The van der Waals surface area contributed by atoms with E-state index in [1.807, 2.05) is 18.4 Å². The fourth-order valence-electron chi connectivity index (χ4n) is 4.23. The Morgan fingerprint density at radius 2 is 2.00 bits per heavy atom. The Kier molecular flexibility index (Phi) is 5.53. The minimum Gasteiger partial charge on any atom is -0.464 e. The summed E-state index contributed by atoms with van der Waals surface area (Å²) in [6.45, 7) is 6.87. The molecule has 32 heavy (non-hydrogen) atoms. The smallest absolute Gasteiger partial charge is 0.318 e. The second kappa shape index (κ2) is 8.63. The molecular formula is C24H25FN6O. The van der Waals surface area contributed by atoms with Crippen molar-refractivity contribution in [3.8, 4) is 17.4 Å². The Balaban J connectivity index is 1.59. The van der Waals surface area contributed by atoms with Gasteiger partial charge in [0.05, 0.1) is 25.0 Å². The molecule has 0 bridgehead atoms. The lowest BCUT2D eigenvalue weighted by Crippen LogP contribution is -2.08. The van der Waals surface area contributed by atoms with Gasteiger partial charge in [0.1, 0.15) is 17.2 Å². The van der Waals surface area contributed by atoms with Crippen LogP contribution in [0.4, 0.5) is 4.39 Å². The summed E-state index contributed by atoms with van der Waals surface area (Å²) >= 11 is 0.